The van der Waals surface area contributed by atoms with Gasteiger partial charge in [0.2, 0.25) is 0 Å². The summed E-state index contributed by atoms with van der Waals surface area (Å²) in [5, 5.41) is 11.2. The Hall–Kier alpha value is -1.80. The maximum Gasteiger partial charge on any atom is 0.459 e. The fraction of sp³-hybridized carbons (Fsp3) is 0.533. The molecule has 0 spiro atoms. The van der Waals surface area contributed by atoms with Crippen molar-refractivity contribution in [2.45, 2.75) is 50.6 Å². The molecule has 0 aliphatic carbocycles. The van der Waals surface area contributed by atoms with Gasteiger partial charge < -0.3 is 5.21 Å². The molecule has 0 radical (unpaired) electrons. The summed E-state index contributed by atoms with van der Waals surface area (Å²) in [6.07, 6.45) is -8.49. The molecule has 1 rings (SSSR count). The maximum atomic E-state index is 13.4. The van der Waals surface area contributed by atoms with Crippen molar-refractivity contribution in [2.24, 2.45) is 5.16 Å². The molecule has 0 aromatic heterocycles. The summed E-state index contributed by atoms with van der Waals surface area (Å²) >= 11 is 0. The second kappa shape index (κ2) is 6.25. The number of hydrogen-bond donors (Lipinski definition) is 1. The molecule has 0 unspecified atom stereocenters. The minimum Gasteiger partial charge on any atom is -0.411 e. The Kier molecular flexibility index (Phi) is 5.27. The first-order chi connectivity index (χ1) is 10.6. The molecule has 1 aromatic rings. The fourth-order valence-electron chi connectivity index (χ4n) is 1.89. The van der Waals surface area contributed by atoms with E-state index in [2.05, 4.69) is 5.16 Å². The van der Waals surface area contributed by atoms with Crippen molar-refractivity contribution in [3.05, 3.63) is 35.4 Å². The summed E-state index contributed by atoms with van der Waals surface area (Å²) < 4.78 is 89.1. The number of halogens is 7. The van der Waals surface area contributed by atoms with Crippen LogP contribution in [-0.2, 0) is 5.41 Å². The molecule has 0 atom stereocenters. The lowest BCUT2D eigenvalue weighted by Gasteiger charge is -2.28. The van der Waals surface area contributed by atoms with Gasteiger partial charge in [-0.25, -0.2) is 0 Å². The van der Waals surface area contributed by atoms with Crippen LogP contribution in [0.5, 0.6) is 0 Å². The van der Waals surface area contributed by atoms with Crippen molar-refractivity contribution in [2.75, 3.05) is 0 Å². The van der Waals surface area contributed by atoms with Crippen molar-refractivity contribution >= 4 is 5.71 Å². The molecule has 0 heterocycles. The smallest absolute Gasteiger partial charge is 0.411 e. The molecule has 136 valence electrons. The molecule has 0 saturated heterocycles. The van der Waals surface area contributed by atoms with Crippen LogP contribution in [0.1, 0.15) is 38.3 Å². The van der Waals surface area contributed by atoms with E-state index in [1.807, 2.05) is 20.8 Å². The third-order valence-electron chi connectivity index (χ3n) is 3.41. The first kappa shape index (κ1) is 20.2. The molecular formula is C15H16F7NO. The van der Waals surface area contributed by atoms with Crippen molar-refractivity contribution < 1.29 is 35.9 Å². The van der Waals surface area contributed by atoms with E-state index in [0.29, 0.717) is 0 Å². The number of oxime groups is 1. The van der Waals surface area contributed by atoms with Crippen LogP contribution < -0.4 is 0 Å². The summed E-state index contributed by atoms with van der Waals surface area (Å²) in [6, 6.07) is 5.41. The average Bonchev–Trinajstić information content (AvgIpc) is 2.42. The number of nitrogens with zero attached hydrogens (tertiary/aromatic N) is 1. The van der Waals surface area contributed by atoms with Gasteiger partial charge in [-0.05, 0) is 16.5 Å². The topological polar surface area (TPSA) is 32.6 Å². The van der Waals surface area contributed by atoms with Crippen molar-refractivity contribution in [3.63, 3.8) is 0 Å². The van der Waals surface area contributed by atoms with Crippen LogP contribution in [0, 0.1) is 0 Å². The van der Waals surface area contributed by atoms with E-state index >= 15 is 0 Å². The molecule has 9 heteroatoms. The lowest BCUT2D eigenvalue weighted by molar-refractivity contribution is -0.352. The predicted molar refractivity (Wildman–Crippen MR) is 74.0 cm³/mol. The van der Waals surface area contributed by atoms with Crippen LogP contribution in [0.15, 0.2) is 29.4 Å². The summed E-state index contributed by atoms with van der Waals surface area (Å²) in [7, 11) is 0. The highest BCUT2D eigenvalue weighted by Gasteiger charge is 2.72. The summed E-state index contributed by atoms with van der Waals surface area (Å²) in [5.74, 6) is -11.7. The first-order valence-electron chi connectivity index (χ1n) is 6.77. The zero-order valence-electron chi connectivity index (χ0n) is 13.1. The Morgan fingerprint density at radius 1 is 0.917 bits per heavy atom. The Morgan fingerprint density at radius 2 is 1.38 bits per heavy atom. The second-order valence-electron chi connectivity index (χ2n) is 6.33. The van der Waals surface area contributed by atoms with E-state index in [1.165, 1.54) is 24.3 Å². The SMILES string of the molecule is CC(C)(C)c1ccc(/C(CC(F)(F)C(F)(F)C(F)(F)F)=N/O)cc1. The highest BCUT2D eigenvalue weighted by molar-refractivity contribution is 6.00. The van der Waals surface area contributed by atoms with Gasteiger partial charge in [0.1, 0.15) is 0 Å². The van der Waals surface area contributed by atoms with Gasteiger partial charge in [0.25, 0.3) is 0 Å². The molecular weight excluding hydrogens is 343 g/mol. The Labute approximate surface area is 134 Å². The Bertz CT molecular complexity index is 598. The van der Waals surface area contributed by atoms with Crippen LogP contribution >= 0.6 is 0 Å². The third-order valence-corrected chi connectivity index (χ3v) is 3.41. The minimum atomic E-state index is -6.42. The van der Waals surface area contributed by atoms with Crippen LogP contribution in [-0.4, -0.2) is 28.9 Å². The van der Waals surface area contributed by atoms with Crippen LogP contribution in [0.4, 0.5) is 30.7 Å². The number of alkyl halides is 7. The van der Waals surface area contributed by atoms with E-state index < -0.39 is 30.2 Å². The third kappa shape index (κ3) is 3.99. The number of rotatable bonds is 4. The number of hydrogen-bond acceptors (Lipinski definition) is 2. The van der Waals surface area contributed by atoms with Crippen molar-refractivity contribution in [1.29, 1.82) is 0 Å². The van der Waals surface area contributed by atoms with E-state index in [0.717, 1.165) is 5.56 Å². The molecule has 0 aliphatic rings. The van der Waals surface area contributed by atoms with Gasteiger partial charge in [-0.1, -0.05) is 50.2 Å². The first-order valence-corrected chi connectivity index (χ1v) is 6.77. The maximum absolute atomic E-state index is 13.4. The van der Waals surface area contributed by atoms with Crippen LogP contribution in [0.2, 0.25) is 0 Å². The van der Waals surface area contributed by atoms with Crippen molar-refractivity contribution in [3.8, 4) is 0 Å². The minimum absolute atomic E-state index is 0.178. The van der Waals surface area contributed by atoms with E-state index in [9.17, 15) is 30.7 Å². The zero-order valence-corrected chi connectivity index (χ0v) is 13.1. The van der Waals surface area contributed by atoms with E-state index in [4.69, 9.17) is 5.21 Å². The van der Waals surface area contributed by atoms with Gasteiger partial charge in [0.15, 0.2) is 0 Å². The highest BCUT2D eigenvalue weighted by Crippen LogP contribution is 2.48. The van der Waals surface area contributed by atoms with Gasteiger partial charge in [-0.3, -0.25) is 0 Å². The molecule has 0 amide bonds. The Morgan fingerprint density at radius 3 is 1.71 bits per heavy atom. The van der Waals surface area contributed by atoms with Crippen LogP contribution in [0.3, 0.4) is 0 Å². The van der Waals surface area contributed by atoms with Gasteiger partial charge in [0, 0.05) is 0 Å². The number of benzene rings is 1. The van der Waals surface area contributed by atoms with Crippen molar-refractivity contribution in [1.82, 2.24) is 0 Å². The lowest BCUT2D eigenvalue weighted by atomic mass is 9.86. The summed E-state index contributed by atoms with van der Waals surface area (Å²) in [6.45, 7) is 5.59. The van der Waals surface area contributed by atoms with Gasteiger partial charge in [-0.15, -0.1) is 0 Å². The summed E-state index contributed by atoms with van der Waals surface area (Å²) in [4.78, 5) is 0. The quantitative estimate of drug-likeness (QED) is 0.333. The standard InChI is InChI=1S/C15H16F7NO/c1-12(2,3)10-6-4-9(5-7-10)11(23-24)8-13(16,17)14(18,19)15(20,21)22/h4-7,24H,8H2,1-3H3/b23-11+. The normalized spacial score (nSPS) is 14.8. The molecule has 1 N–H and O–H groups in total. The van der Waals surface area contributed by atoms with E-state index in [-0.39, 0.29) is 11.0 Å². The summed E-state index contributed by atoms with van der Waals surface area (Å²) in [5.41, 5.74) is -0.661. The highest BCUT2D eigenvalue weighted by atomic mass is 19.4. The monoisotopic (exact) mass is 359 g/mol. The van der Waals surface area contributed by atoms with Gasteiger partial charge in [-0.2, -0.15) is 30.7 Å². The van der Waals surface area contributed by atoms with Crippen LogP contribution in [0.25, 0.3) is 0 Å². The molecule has 2 nitrogen and oxygen atoms in total. The molecule has 0 aliphatic heterocycles. The second-order valence-corrected chi connectivity index (χ2v) is 6.33. The Balaban J connectivity index is 3.12. The van der Waals surface area contributed by atoms with Gasteiger partial charge in [0.05, 0.1) is 12.1 Å². The van der Waals surface area contributed by atoms with E-state index in [1.54, 1.807) is 0 Å². The largest absolute Gasteiger partial charge is 0.459 e. The fourth-order valence-corrected chi connectivity index (χ4v) is 1.89. The zero-order chi connectivity index (χ0) is 19.0. The molecule has 0 saturated carbocycles. The predicted octanol–water partition coefficient (Wildman–Crippen LogP) is 5.39. The average molecular weight is 359 g/mol. The molecule has 0 bridgehead atoms. The lowest BCUT2D eigenvalue weighted by Crippen LogP contribution is -2.52. The molecule has 24 heavy (non-hydrogen) atoms. The van der Waals surface area contributed by atoms with Gasteiger partial charge >= 0.3 is 18.0 Å². The molecule has 1 aromatic carbocycles. The molecule has 0 fully saturated rings.